The van der Waals surface area contributed by atoms with E-state index in [0.29, 0.717) is 11.1 Å². The van der Waals surface area contributed by atoms with Gasteiger partial charge in [0.15, 0.2) is 5.78 Å². The molecular weight excluding hydrogens is 307 g/mol. The number of ketones is 1. The minimum Gasteiger partial charge on any atom is -0.289 e. The van der Waals surface area contributed by atoms with Gasteiger partial charge < -0.3 is 0 Å². The van der Waals surface area contributed by atoms with Crippen LogP contribution in [0.1, 0.15) is 32.6 Å². The van der Waals surface area contributed by atoms with Crippen molar-refractivity contribution in [3.05, 3.63) is 68.4 Å². The second-order valence-electron chi connectivity index (χ2n) is 4.77. The van der Waals surface area contributed by atoms with E-state index in [2.05, 4.69) is 15.9 Å². The molecule has 0 bridgehead atoms. The van der Waals surface area contributed by atoms with Gasteiger partial charge >= 0.3 is 0 Å². The molecule has 2 aromatic rings. The average Bonchev–Trinajstić information content (AvgIpc) is 2.33. The standard InChI is InChI=1S/C16H14BrFO/c1-9-4-12(8-14(18)5-9)16(19)13-6-10(2)15(17)11(3)7-13/h4-8H,1-3H3. The third kappa shape index (κ3) is 2.92. The first-order chi connectivity index (χ1) is 8.88. The molecular formula is C16H14BrFO. The zero-order valence-electron chi connectivity index (χ0n) is 11.1. The highest BCUT2D eigenvalue weighted by molar-refractivity contribution is 9.10. The van der Waals surface area contributed by atoms with Crippen molar-refractivity contribution in [2.75, 3.05) is 0 Å². The number of aryl methyl sites for hydroxylation is 3. The number of carbonyl (C=O) groups excluding carboxylic acids is 1. The van der Waals surface area contributed by atoms with E-state index in [9.17, 15) is 9.18 Å². The molecule has 0 amide bonds. The Hall–Kier alpha value is -1.48. The van der Waals surface area contributed by atoms with Gasteiger partial charge in [0.1, 0.15) is 5.82 Å². The van der Waals surface area contributed by atoms with E-state index in [1.807, 2.05) is 26.0 Å². The van der Waals surface area contributed by atoms with Crippen LogP contribution in [0.4, 0.5) is 4.39 Å². The molecule has 0 saturated heterocycles. The largest absolute Gasteiger partial charge is 0.289 e. The molecule has 98 valence electrons. The van der Waals surface area contributed by atoms with Gasteiger partial charge in [0.2, 0.25) is 0 Å². The lowest BCUT2D eigenvalue weighted by molar-refractivity contribution is 0.103. The Balaban J connectivity index is 2.50. The second kappa shape index (κ2) is 5.25. The molecule has 0 atom stereocenters. The van der Waals surface area contributed by atoms with E-state index in [4.69, 9.17) is 0 Å². The van der Waals surface area contributed by atoms with Gasteiger partial charge in [-0.3, -0.25) is 4.79 Å². The highest BCUT2D eigenvalue weighted by Crippen LogP contribution is 2.24. The number of hydrogen-bond donors (Lipinski definition) is 0. The lowest BCUT2D eigenvalue weighted by Gasteiger charge is -2.08. The van der Waals surface area contributed by atoms with Crippen LogP contribution in [0, 0.1) is 26.6 Å². The van der Waals surface area contributed by atoms with Crippen molar-refractivity contribution in [2.45, 2.75) is 20.8 Å². The van der Waals surface area contributed by atoms with E-state index in [1.54, 1.807) is 13.0 Å². The Morgan fingerprint density at radius 2 is 1.47 bits per heavy atom. The highest BCUT2D eigenvalue weighted by atomic mass is 79.9. The van der Waals surface area contributed by atoms with Crippen molar-refractivity contribution in [1.82, 2.24) is 0 Å². The molecule has 3 heteroatoms. The summed E-state index contributed by atoms with van der Waals surface area (Å²) in [6.07, 6.45) is 0. The lowest BCUT2D eigenvalue weighted by Crippen LogP contribution is -2.04. The fourth-order valence-electron chi connectivity index (χ4n) is 2.11. The van der Waals surface area contributed by atoms with Crippen LogP contribution < -0.4 is 0 Å². The third-order valence-corrected chi connectivity index (χ3v) is 4.25. The monoisotopic (exact) mass is 320 g/mol. The van der Waals surface area contributed by atoms with Crippen LogP contribution in [0.15, 0.2) is 34.8 Å². The molecule has 1 nitrogen and oxygen atoms in total. The summed E-state index contributed by atoms with van der Waals surface area (Å²) >= 11 is 3.47. The molecule has 0 spiro atoms. The molecule has 2 aromatic carbocycles. The van der Waals surface area contributed by atoms with E-state index in [0.717, 1.165) is 21.2 Å². The average molecular weight is 321 g/mol. The van der Waals surface area contributed by atoms with Crippen molar-refractivity contribution in [1.29, 1.82) is 0 Å². The number of halogens is 2. The fraction of sp³-hybridized carbons (Fsp3) is 0.188. The van der Waals surface area contributed by atoms with E-state index >= 15 is 0 Å². The first-order valence-electron chi connectivity index (χ1n) is 5.97. The SMILES string of the molecule is Cc1cc(F)cc(C(=O)c2cc(C)c(Br)c(C)c2)c1. The molecule has 0 N–H and O–H groups in total. The molecule has 0 aromatic heterocycles. The minimum atomic E-state index is -0.381. The minimum absolute atomic E-state index is 0.152. The molecule has 0 fully saturated rings. The predicted molar refractivity (Wildman–Crippen MR) is 78.2 cm³/mol. The third-order valence-electron chi connectivity index (χ3n) is 3.00. The maximum absolute atomic E-state index is 13.4. The van der Waals surface area contributed by atoms with Gasteiger partial charge in [-0.25, -0.2) is 4.39 Å². The number of carbonyl (C=O) groups is 1. The van der Waals surface area contributed by atoms with Gasteiger partial charge in [0.05, 0.1) is 0 Å². The Bertz CT molecular complexity index is 619. The molecule has 0 aliphatic rings. The molecule has 19 heavy (non-hydrogen) atoms. The van der Waals surface area contributed by atoms with Gasteiger partial charge in [-0.2, -0.15) is 0 Å². The van der Waals surface area contributed by atoms with Crippen LogP contribution in [0.5, 0.6) is 0 Å². The zero-order chi connectivity index (χ0) is 14.2. The Morgan fingerprint density at radius 1 is 0.947 bits per heavy atom. The van der Waals surface area contributed by atoms with Crippen LogP contribution in [0.2, 0.25) is 0 Å². The van der Waals surface area contributed by atoms with Crippen molar-refractivity contribution >= 4 is 21.7 Å². The quantitative estimate of drug-likeness (QED) is 0.730. The molecule has 0 aliphatic carbocycles. The topological polar surface area (TPSA) is 17.1 Å². The van der Waals surface area contributed by atoms with Crippen LogP contribution in [0.25, 0.3) is 0 Å². The first-order valence-corrected chi connectivity index (χ1v) is 6.76. The number of rotatable bonds is 2. The molecule has 2 rings (SSSR count). The van der Waals surface area contributed by atoms with Crippen LogP contribution in [-0.4, -0.2) is 5.78 Å². The van der Waals surface area contributed by atoms with Crippen molar-refractivity contribution in [3.8, 4) is 0 Å². The second-order valence-corrected chi connectivity index (χ2v) is 5.56. The molecule has 0 aliphatic heterocycles. The van der Waals surface area contributed by atoms with Crippen LogP contribution in [0.3, 0.4) is 0 Å². The predicted octanol–water partition coefficient (Wildman–Crippen LogP) is 4.74. The van der Waals surface area contributed by atoms with Crippen molar-refractivity contribution < 1.29 is 9.18 Å². The zero-order valence-corrected chi connectivity index (χ0v) is 12.6. The van der Waals surface area contributed by atoms with Crippen LogP contribution in [-0.2, 0) is 0 Å². The summed E-state index contributed by atoms with van der Waals surface area (Å²) < 4.78 is 14.4. The Morgan fingerprint density at radius 3 is 2.00 bits per heavy atom. The Labute approximate surface area is 120 Å². The highest BCUT2D eigenvalue weighted by Gasteiger charge is 2.13. The summed E-state index contributed by atoms with van der Waals surface area (Å²) in [6, 6.07) is 8.04. The molecule has 0 radical (unpaired) electrons. The molecule has 0 saturated carbocycles. The summed E-state index contributed by atoms with van der Waals surface area (Å²) in [5, 5.41) is 0. The van der Waals surface area contributed by atoms with Gasteiger partial charge in [0, 0.05) is 15.6 Å². The summed E-state index contributed by atoms with van der Waals surface area (Å²) in [6.45, 7) is 5.65. The van der Waals surface area contributed by atoms with Crippen LogP contribution >= 0.6 is 15.9 Å². The van der Waals surface area contributed by atoms with Crippen molar-refractivity contribution in [3.63, 3.8) is 0 Å². The van der Waals surface area contributed by atoms with E-state index in [1.165, 1.54) is 12.1 Å². The van der Waals surface area contributed by atoms with Crippen molar-refractivity contribution in [2.24, 2.45) is 0 Å². The lowest BCUT2D eigenvalue weighted by atomic mass is 9.98. The van der Waals surface area contributed by atoms with Gasteiger partial charge in [-0.05, 0) is 67.8 Å². The summed E-state index contributed by atoms with van der Waals surface area (Å²) in [5.41, 5.74) is 3.71. The summed E-state index contributed by atoms with van der Waals surface area (Å²) in [4.78, 5) is 12.4. The molecule has 0 unspecified atom stereocenters. The maximum Gasteiger partial charge on any atom is 0.193 e. The summed E-state index contributed by atoms with van der Waals surface area (Å²) in [5.74, 6) is -0.532. The normalized spacial score (nSPS) is 10.6. The van der Waals surface area contributed by atoms with Gasteiger partial charge in [0.25, 0.3) is 0 Å². The Kier molecular flexibility index (Phi) is 3.85. The fourth-order valence-corrected chi connectivity index (χ4v) is 2.34. The number of hydrogen-bond acceptors (Lipinski definition) is 1. The maximum atomic E-state index is 13.4. The van der Waals surface area contributed by atoms with E-state index < -0.39 is 0 Å². The number of benzene rings is 2. The smallest absolute Gasteiger partial charge is 0.193 e. The van der Waals surface area contributed by atoms with Gasteiger partial charge in [-0.15, -0.1) is 0 Å². The van der Waals surface area contributed by atoms with Gasteiger partial charge in [-0.1, -0.05) is 15.9 Å². The first kappa shape index (κ1) is 13.9. The van der Waals surface area contributed by atoms with E-state index in [-0.39, 0.29) is 11.6 Å². The summed E-state index contributed by atoms with van der Waals surface area (Å²) in [7, 11) is 0. The molecule has 0 heterocycles.